The summed E-state index contributed by atoms with van der Waals surface area (Å²) in [6.45, 7) is 3.40. The van der Waals surface area contributed by atoms with E-state index < -0.39 is 0 Å². The van der Waals surface area contributed by atoms with Gasteiger partial charge in [0.2, 0.25) is 5.89 Å². The van der Waals surface area contributed by atoms with Gasteiger partial charge >= 0.3 is 0 Å². The summed E-state index contributed by atoms with van der Waals surface area (Å²) in [7, 11) is 1.71. The first-order valence-electron chi connectivity index (χ1n) is 10.3. The van der Waals surface area contributed by atoms with Crippen molar-refractivity contribution in [3.63, 3.8) is 0 Å². The summed E-state index contributed by atoms with van der Waals surface area (Å²) < 4.78 is 16.5. The fraction of sp³-hybridized carbons (Fsp3) is 0.619. The highest BCUT2D eigenvalue weighted by molar-refractivity contribution is 5.93. The minimum atomic E-state index is -0.228. The molecule has 4 heterocycles. The first-order chi connectivity index (χ1) is 14.2. The van der Waals surface area contributed by atoms with Crippen molar-refractivity contribution >= 4 is 5.91 Å². The molecule has 2 aliphatic heterocycles. The Hall–Kier alpha value is -2.32. The van der Waals surface area contributed by atoms with Gasteiger partial charge in [0.1, 0.15) is 0 Å². The van der Waals surface area contributed by atoms with Crippen LogP contribution in [-0.4, -0.2) is 66.0 Å². The number of likely N-dealkylation sites (tertiary alicyclic amines) is 1. The lowest BCUT2D eigenvalue weighted by atomic mass is 9.75. The predicted molar refractivity (Wildman–Crippen MR) is 105 cm³/mol. The monoisotopic (exact) mass is 400 g/mol. The summed E-state index contributed by atoms with van der Waals surface area (Å²) in [5.41, 5.74) is 0.396. The molecule has 2 aromatic heterocycles. The number of carbonyl (C=O) groups excluding carboxylic acids is 1. The molecule has 0 atom stereocenters. The molecule has 2 saturated heterocycles. The minimum absolute atomic E-state index is 0.0226. The Balaban J connectivity index is 1.48. The Morgan fingerprint density at radius 1 is 1.31 bits per heavy atom. The van der Waals surface area contributed by atoms with E-state index in [4.69, 9.17) is 19.0 Å². The summed E-state index contributed by atoms with van der Waals surface area (Å²) in [5, 5.41) is 4.37. The van der Waals surface area contributed by atoms with Crippen molar-refractivity contribution < 1.29 is 18.8 Å². The van der Waals surface area contributed by atoms with Crippen molar-refractivity contribution in [3.05, 3.63) is 41.8 Å². The quantitative estimate of drug-likeness (QED) is 0.736. The topological polar surface area (TPSA) is 90.6 Å². The molecule has 2 aliphatic rings. The van der Waals surface area contributed by atoms with Crippen LogP contribution < -0.4 is 0 Å². The van der Waals surface area contributed by atoms with Crippen LogP contribution in [0.25, 0.3) is 0 Å². The van der Waals surface area contributed by atoms with E-state index in [-0.39, 0.29) is 17.2 Å². The number of rotatable bonds is 6. The molecule has 29 heavy (non-hydrogen) atoms. The van der Waals surface area contributed by atoms with Gasteiger partial charge in [-0.3, -0.25) is 9.78 Å². The van der Waals surface area contributed by atoms with Crippen LogP contribution in [0.4, 0.5) is 0 Å². The molecule has 4 rings (SSSR count). The number of hydrogen-bond acceptors (Lipinski definition) is 7. The molecule has 0 N–H and O–H groups in total. The highest BCUT2D eigenvalue weighted by Gasteiger charge is 2.41. The molecule has 8 nitrogen and oxygen atoms in total. The van der Waals surface area contributed by atoms with Crippen molar-refractivity contribution in [1.29, 1.82) is 0 Å². The van der Waals surface area contributed by atoms with Gasteiger partial charge in [-0.05, 0) is 44.2 Å². The van der Waals surface area contributed by atoms with Crippen molar-refractivity contribution in [2.24, 2.45) is 0 Å². The Morgan fingerprint density at radius 2 is 2.10 bits per heavy atom. The molecule has 8 heteroatoms. The molecular weight excluding hydrogens is 372 g/mol. The van der Waals surface area contributed by atoms with E-state index in [0.717, 1.165) is 51.1 Å². The maximum atomic E-state index is 12.8. The van der Waals surface area contributed by atoms with Crippen molar-refractivity contribution in [3.8, 4) is 0 Å². The van der Waals surface area contributed by atoms with E-state index in [1.807, 2.05) is 11.0 Å². The third-order valence-electron chi connectivity index (χ3n) is 6.19. The Labute approximate surface area is 170 Å². The molecule has 0 spiro atoms. The number of carbonyl (C=O) groups is 1. The van der Waals surface area contributed by atoms with E-state index in [1.165, 1.54) is 0 Å². The number of ether oxygens (including phenoxy) is 2. The van der Waals surface area contributed by atoms with E-state index >= 15 is 0 Å². The van der Waals surface area contributed by atoms with Crippen LogP contribution in [0.5, 0.6) is 0 Å². The lowest BCUT2D eigenvalue weighted by Crippen LogP contribution is -2.46. The van der Waals surface area contributed by atoms with Gasteiger partial charge in [0.05, 0.1) is 5.56 Å². The number of methoxy groups -OCH3 is 1. The zero-order valence-corrected chi connectivity index (χ0v) is 16.9. The number of nitrogens with zero attached hydrogens (tertiary/aromatic N) is 4. The molecule has 2 aromatic rings. The maximum Gasteiger partial charge on any atom is 0.255 e. The van der Waals surface area contributed by atoms with Gasteiger partial charge in [0.25, 0.3) is 5.91 Å². The average Bonchev–Trinajstić information content (AvgIpc) is 3.30. The van der Waals surface area contributed by atoms with Gasteiger partial charge in [-0.15, -0.1) is 0 Å². The molecule has 0 unspecified atom stereocenters. The normalized spacial score (nSPS) is 20.0. The van der Waals surface area contributed by atoms with Crippen LogP contribution in [0, 0.1) is 0 Å². The average molecular weight is 400 g/mol. The maximum absolute atomic E-state index is 12.8. The molecule has 0 aliphatic carbocycles. The fourth-order valence-electron chi connectivity index (χ4n) is 4.25. The van der Waals surface area contributed by atoms with E-state index in [0.29, 0.717) is 31.2 Å². The Morgan fingerprint density at radius 3 is 2.79 bits per heavy atom. The van der Waals surface area contributed by atoms with Crippen LogP contribution in [-0.2, 0) is 14.9 Å². The molecular formula is C21H28N4O4. The number of pyridine rings is 1. The van der Waals surface area contributed by atoms with Crippen molar-refractivity contribution in [2.45, 2.75) is 43.4 Å². The molecule has 0 saturated carbocycles. The highest BCUT2D eigenvalue weighted by Crippen LogP contribution is 2.38. The third-order valence-corrected chi connectivity index (χ3v) is 6.19. The highest BCUT2D eigenvalue weighted by atomic mass is 16.5. The second kappa shape index (κ2) is 9.00. The summed E-state index contributed by atoms with van der Waals surface area (Å²) >= 11 is 0. The standard InChI is InChI=1S/C21H28N4O4/c1-27-14-8-21(20-23-18(29-24-20)16-4-12-28-13-5-16)6-10-25(11-7-21)19(26)17-3-2-9-22-15-17/h2-3,9,15-16H,4-8,10-14H2,1H3. The molecule has 156 valence electrons. The van der Waals surface area contributed by atoms with Crippen LogP contribution in [0.1, 0.15) is 60.1 Å². The van der Waals surface area contributed by atoms with Gasteiger partial charge < -0.3 is 18.9 Å². The lowest BCUT2D eigenvalue weighted by molar-refractivity contribution is 0.0615. The first-order valence-corrected chi connectivity index (χ1v) is 10.3. The molecule has 0 radical (unpaired) electrons. The number of piperidine rings is 1. The van der Waals surface area contributed by atoms with Gasteiger partial charge in [-0.25, -0.2) is 0 Å². The van der Waals surface area contributed by atoms with Gasteiger partial charge in [-0.2, -0.15) is 4.98 Å². The van der Waals surface area contributed by atoms with Gasteiger partial charge in [-0.1, -0.05) is 5.16 Å². The fourth-order valence-corrected chi connectivity index (χ4v) is 4.25. The summed E-state index contributed by atoms with van der Waals surface area (Å²) in [5.74, 6) is 1.77. The molecule has 0 aromatic carbocycles. The van der Waals surface area contributed by atoms with Crippen LogP contribution in [0.3, 0.4) is 0 Å². The third kappa shape index (κ3) is 4.33. The molecule has 2 fully saturated rings. The van der Waals surface area contributed by atoms with Gasteiger partial charge in [0, 0.05) is 63.7 Å². The second-order valence-electron chi connectivity index (χ2n) is 7.90. The minimum Gasteiger partial charge on any atom is -0.385 e. The number of aromatic nitrogens is 3. The molecule has 0 bridgehead atoms. The summed E-state index contributed by atoms with van der Waals surface area (Å²) in [4.78, 5) is 23.5. The van der Waals surface area contributed by atoms with E-state index in [9.17, 15) is 4.79 Å². The Kier molecular flexibility index (Phi) is 6.20. The summed E-state index contributed by atoms with van der Waals surface area (Å²) in [6, 6.07) is 3.60. The summed E-state index contributed by atoms with van der Waals surface area (Å²) in [6.07, 6.45) is 7.51. The zero-order chi connectivity index (χ0) is 20.1. The Bertz CT molecular complexity index is 796. The van der Waals surface area contributed by atoms with Crippen molar-refractivity contribution in [2.75, 3.05) is 40.0 Å². The largest absolute Gasteiger partial charge is 0.385 e. The van der Waals surface area contributed by atoms with Crippen molar-refractivity contribution in [1.82, 2.24) is 20.0 Å². The number of hydrogen-bond donors (Lipinski definition) is 0. The van der Waals surface area contributed by atoms with E-state index in [2.05, 4.69) is 10.1 Å². The first kappa shape index (κ1) is 20.0. The van der Waals surface area contributed by atoms with Crippen LogP contribution >= 0.6 is 0 Å². The van der Waals surface area contributed by atoms with E-state index in [1.54, 1.807) is 25.6 Å². The van der Waals surface area contributed by atoms with Crippen LogP contribution in [0.15, 0.2) is 29.0 Å². The van der Waals surface area contributed by atoms with Gasteiger partial charge in [0.15, 0.2) is 5.82 Å². The number of amides is 1. The second-order valence-corrected chi connectivity index (χ2v) is 7.90. The smallest absolute Gasteiger partial charge is 0.255 e. The predicted octanol–water partition coefficient (Wildman–Crippen LogP) is 2.57. The molecule has 1 amide bonds. The zero-order valence-electron chi connectivity index (χ0n) is 16.9. The lowest BCUT2D eigenvalue weighted by Gasteiger charge is -2.39. The van der Waals surface area contributed by atoms with Crippen LogP contribution in [0.2, 0.25) is 0 Å². The SMILES string of the molecule is COCCC1(c2noc(C3CCOCC3)n2)CCN(C(=O)c2cccnc2)CC1.